The first-order valence-corrected chi connectivity index (χ1v) is 6.80. The minimum atomic E-state index is -0.489. The summed E-state index contributed by atoms with van der Waals surface area (Å²) in [6.45, 7) is 6.83. The van der Waals surface area contributed by atoms with E-state index in [-0.39, 0.29) is 6.61 Å². The molecule has 3 heteroatoms. The number of hydrogen-bond donors (Lipinski definition) is 2. The van der Waals surface area contributed by atoms with Crippen molar-refractivity contribution in [3.05, 3.63) is 29.8 Å². The summed E-state index contributed by atoms with van der Waals surface area (Å²) in [4.78, 5) is 2.21. The van der Waals surface area contributed by atoms with Gasteiger partial charge in [-0.25, -0.2) is 0 Å². The van der Waals surface area contributed by atoms with Gasteiger partial charge in [0.05, 0.1) is 12.7 Å². The number of hydrogen-bond acceptors (Lipinski definition) is 3. The van der Waals surface area contributed by atoms with E-state index in [1.165, 1.54) is 0 Å². The summed E-state index contributed by atoms with van der Waals surface area (Å²) in [7, 11) is 0. The van der Waals surface area contributed by atoms with Crippen LogP contribution in [0.15, 0.2) is 24.3 Å². The van der Waals surface area contributed by atoms with Gasteiger partial charge in [-0.1, -0.05) is 32.0 Å². The fourth-order valence-corrected chi connectivity index (χ4v) is 2.44. The van der Waals surface area contributed by atoms with Gasteiger partial charge in [0, 0.05) is 23.8 Å². The maximum Gasteiger partial charge on any atom is 0.0781 e. The first-order chi connectivity index (χ1) is 8.65. The standard InChI is InChI=1S/C15H25NO2/c1-4-13(5-2)16(10-11-17)15-9-7-6-8-14(15)12(3)18/h6-9,12-13,17-18H,4-5,10-11H2,1-3H3/t12-/m1/s1. The maximum atomic E-state index is 9.86. The molecule has 102 valence electrons. The molecule has 0 unspecified atom stereocenters. The molecule has 0 saturated heterocycles. The van der Waals surface area contributed by atoms with E-state index in [0.29, 0.717) is 12.6 Å². The van der Waals surface area contributed by atoms with Crippen LogP contribution in [-0.4, -0.2) is 29.4 Å². The number of rotatable bonds is 7. The molecule has 0 heterocycles. The second-order valence-corrected chi connectivity index (χ2v) is 4.62. The number of anilines is 1. The maximum absolute atomic E-state index is 9.86. The molecule has 0 aromatic heterocycles. The summed E-state index contributed by atoms with van der Waals surface area (Å²) in [6, 6.07) is 8.30. The van der Waals surface area contributed by atoms with Crippen LogP contribution in [0.1, 0.15) is 45.3 Å². The monoisotopic (exact) mass is 251 g/mol. The third-order valence-electron chi connectivity index (χ3n) is 3.42. The van der Waals surface area contributed by atoms with Crippen LogP contribution < -0.4 is 4.90 Å². The Hall–Kier alpha value is -1.06. The molecule has 1 rings (SSSR count). The summed E-state index contributed by atoms with van der Waals surface area (Å²) >= 11 is 0. The Labute approximate surface area is 110 Å². The molecule has 1 aromatic rings. The van der Waals surface area contributed by atoms with Crippen molar-refractivity contribution in [2.75, 3.05) is 18.1 Å². The highest BCUT2D eigenvalue weighted by Crippen LogP contribution is 2.28. The zero-order valence-corrected chi connectivity index (χ0v) is 11.6. The molecule has 0 bridgehead atoms. The van der Waals surface area contributed by atoms with Crippen LogP contribution in [0.4, 0.5) is 5.69 Å². The van der Waals surface area contributed by atoms with Crippen LogP contribution in [-0.2, 0) is 0 Å². The lowest BCUT2D eigenvalue weighted by Gasteiger charge is -2.34. The number of aliphatic hydroxyl groups is 2. The highest BCUT2D eigenvalue weighted by molar-refractivity contribution is 5.55. The minimum absolute atomic E-state index is 0.130. The predicted octanol–water partition coefficient (Wildman–Crippen LogP) is 2.73. The first-order valence-electron chi connectivity index (χ1n) is 6.80. The van der Waals surface area contributed by atoms with Gasteiger partial charge in [0.25, 0.3) is 0 Å². The zero-order chi connectivity index (χ0) is 13.5. The third kappa shape index (κ3) is 3.47. The number of para-hydroxylation sites is 1. The van der Waals surface area contributed by atoms with Crippen LogP contribution in [0, 0.1) is 0 Å². The van der Waals surface area contributed by atoms with Crippen LogP contribution in [0.5, 0.6) is 0 Å². The second kappa shape index (κ2) is 7.39. The molecule has 0 fully saturated rings. The van der Waals surface area contributed by atoms with Gasteiger partial charge in [0.1, 0.15) is 0 Å². The van der Waals surface area contributed by atoms with E-state index in [2.05, 4.69) is 18.7 Å². The van der Waals surface area contributed by atoms with E-state index in [1.54, 1.807) is 6.92 Å². The average Bonchev–Trinajstić information content (AvgIpc) is 2.39. The fourth-order valence-electron chi connectivity index (χ4n) is 2.44. The Morgan fingerprint density at radius 2 is 1.78 bits per heavy atom. The number of benzene rings is 1. The Morgan fingerprint density at radius 1 is 1.17 bits per heavy atom. The van der Waals surface area contributed by atoms with E-state index < -0.39 is 6.10 Å². The molecular formula is C15H25NO2. The molecule has 0 amide bonds. The third-order valence-corrected chi connectivity index (χ3v) is 3.42. The molecule has 0 spiro atoms. The Bertz CT molecular complexity index is 348. The topological polar surface area (TPSA) is 43.7 Å². The summed E-state index contributed by atoms with van der Waals surface area (Å²) in [5, 5.41) is 19.1. The van der Waals surface area contributed by atoms with Crippen LogP contribution >= 0.6 is 0 Å². The lowest BCUT2D eigenvalue weighted by atomic mass is 10.0. The van der Waals surface area contributed by atoms with Crippen molar-refractivity contribution in [2.45, 2.75) is 45.8 Å². The molecule has 18 heavy (non-hydrogen) atoms. The van der Waals surface area contributed by atoms with Gasteiger partial charge in [-0.15, -0.1) is 0 Å². The lowest BCUT2D eigenvalue weighted by Crippen LogP contribution is -2.37. The molecular weight excluding hydrogens is 226 g/mol. The normalized spacial score (nSPS) is 12.8. The van der Waals surface area contributed by atoms with Gasteiger partial charge in [0.2, 0.25) is 0 Å². The highest BCUT2D eigenvalue weighted by atomic mass is 16.3. The van der Waals surface area contributed by atoms with Gasteiger partial charge < -0.3 is 15.1 Å². The van der Waals surface area contributed by atoms with E-state index in [4.69, 9.17) is 0 Å². The van der Waals surface area contributed by atoms with Crippen LogP contribution in [0.2, 0.25) is 0 Å². The van der Waals surface area contributed by atoms with Crippen molar-refractivity contribution >= 4 is 5.69 Å². The smallest absolute Gasteiger partial charge is 0.0781 e. The number of aliphatic hydroxyl groups excluding tert-OH is 2. The van der Waals surface area contributed by atoms with Crippen molar-refractivity contribution < 1.29 is 10.2 Å². The lowest BCUT2D eigenvalue weighted by molar-refractivity contribution is 0.199. The average molecular weight is 251 g/mol. The largest absolute Gasteiger partial charge is 0.395 e. The van der Waals surface area contributed by atoms with Crippen molar-refractivity contribution in [1.29, 1.82) is 0 Å². The van der Waals surface area contributed by atoms with E-state index in [9.17, 15) is 10.2 Å². The van der Waals surface area contributed by atoms with Crippen molar-refractivity contribution in [3.63, 3.8) is 0 Å². The Balaban J connectivity index is 3.12. The highest BCUT2D eigenvalue weighted by Gasteiger charge is 2.19. The molecule has 0 aliphatic rings. The first kappa shape index (κ1) is 15.0. The van der Waals surface area contributed by atoms with E-state index in [1.807, 2.05) is 24.3 Å². The summed E-state index contributed by atoms with van der Waals surface area (Å²) in [6.07, 6.45) is 1.58. The number of nitrogens with zero attached hydrogens (tertiary/aromatic N) is 1. The molecule has 3 nitrogen and oxygen atoms in total. The van der Waals surface area contributed by atoms with Gasteiger partial charge in [-0.05, 0) is 25.8 Å². The Kier molecular flexibility index (Phi) is 6.16. The van der Waals surface area contributed by atoms with Gasteiger partial charge in [0.15, 0.2) is 0 Å². The van der Waals surface area contributed by atoms with Crippen LogP contribution in [0.25, 0.3) is 0 Å². The molecule has 0 aliphatic heterocycles. The molecule has 0 radical (unpaired) electrons. The van der Waals surface area contributed by atoms with Gasteiger partial charge in [-0.3, -0.25) is 0 Å². The molecule has 1 atom stereocenters. The van der Waals surface area contributed by atoms with E-state index in [0.717, 1.165) is 24.1 Å². The van der Waals surface area contributed by atoms with Crippen molar-refractivity contribution in [1.82, 2.24) is 0 Å². The van der Waals surface area contributed by atoms with Gasteiger partial charge >= 0.3 is 0 Å². The molecule has 2 N–H and O–H groups in total. The SMILES string of the molecule is CCC(CC)N(CCO)c1ccccc1[C@@H](C)O. The quantitative estimate of drug-likeness (QED) is 0.783. The molecule has 1 aromatic carbocycles. The summed E-state index contributed by atoms with van der Waals surface area (Å²) in [5.41, 5.74) is 1.97. The minimum Gasteiger partial charge on any atom is -0.395 e. The van der Waals surface area contributed by atoms with Crippen LogP contribution in [0.3, 0.4) is 0 Å². The summed E-state index contributed by atoms with van der Waals surface area (Å²) in [5.74, 6) is 0. The second-order valence-electron chi connectivity index (χ2n) is 4.62. The molecule has 0 aliphatic carbocycles. The summed E-state index contributed by atoms with van der Waals surface area (Å²) < 4.78 is 0. The zero-order valence-electron chi connectivity index (χ0n) is 11.6. The van der Waals surface area contributed by atoms with Gasteiger partial charge in [-0.2, -0.15) is 0 Å². The predicted molar refractivity (Wildman–Crippen MR) is 75.9 cm³/mol. The van der Waals surface area contributed by atoms with Crippen molar-refractivity contribution in [3.8, 4) is 0 Å². The fraction of sp³-hybridized carbons (Fsp3) is 0.600. The Morgan fingerprint density at radius 3 is 2.28 bits per heavy atom. The molecule has 0 saturated carbocycles. The van der Waals surface area contributed by atoms with E-state index >= 15 is 0 Å². The van der Waals surface area contributed by atoms with Crippen molar-refractivity contribution in [2.24, 2.45) is 0 Å².